The molecule has 0 bridgehead atoms. The molecule has 9 heteroatoms. The van der Waals surface area contributed by atoms with Gasteiger partial charge in [-0.05, 0) is 42.0 Å². The van der Waals surface area contributed by atoms with E-state index in [4.69, 9.17) is 5.26 Å². The predicted octanol–water partition coefficient (Wildman–Crippen LogP) is 4.59. The van der Waals surface area contributed by atoms with E-state index < -0.39 is 23.6 Å². The highest BCUT2D eigenvalue weighted by atomic mass is 19.4. The largest absolute Gasteiger partial charge is 0.478 e. The zero-order chi connectivity index (χ0) is 21.9. The summed E-state index contributed by atoms with van der Waals surface area (Å²) in [5, 5.41) is 20.6. The van der Waals surface area contributed by atoms with E-state index >= 15 is 0 Å². The highest BCUT2D eigenvalue weighted by Crippen LogP contribution is 2.31. The molecule has 0 atom stereocenters. The van der Waals surface area contributed by atoms with Gasteiger partial charge in [0, 0.05) is 18.0 Å². The van der Waals surface area contributed by atoms with Crippen molar-refractivity contribution in [1.29, 1.82) is 5.26 Å². The van der Waals surface area contributed by atoms with Crippen molar-refractivity contribution in [3.05, 3.63) is 83.2 Å². The van der Waals surface area contributed by atoms with Crippen LogP contribution in [0.2, 0.25) is 0 Å². The van der Waals surface area contributed by atoms with Crippen LogP contribution in [-0.4, -0.2) is 22.0 Å². The molecule has 1 aromatic heterocycles. The summed E-state index contributed by atoms with van der Waals surface area (Å²) in [5.74, 6) is -1.98. The number of nitrogens with one attached hydrogen (secondary N) is 1. The SMILES string of the molecule is N#Cc1ccc(NC(=O)c2cncc(-c3ccc(C(F)(F)F)cc3)c2)c(C(=O)O)c1. The van der Waals surface area contributed by atoms with Crippen LogP contribution in [-0.2, 0) is 6.18 Å². The summed E-state index contributed by atoms with van der Waals surface area (Å²) in [4.78, 5) is 27.9. The molecule has 0 aliphatic rings. The standard InChI is InChI=1S/C21H12F3N3O3/c22-21(23,24)16-4-2-13(3-5-16)14-8-15(11-26-10-14)19(28)27-18-6-1-12(9-25)7-17(18)20(29)30/h1-8,10-11H,(H,27,28)(H,29,30). The van der Waals surface area contributed by atoms with Crippen molar-refractivity contribution in [1.82, 2.24) is 4.98 Å². The van der Waals surface area contributed by atoms with Gasteiger partial charge in [0.15, 0.2) is 0 Å². The van der Waals surface area contributed by atoms with Crippen molar-refractivity contribution >= 4 is 17.6 Å². The number of carbonyl (C=O) groups excluding carboxylic acids is 1. The van der Waals surface area contributed by atoms with Gasteiger partial charge >= 0.3 is 12.1 Å². The van der Waals surface area contributed by atoms with Gasteiger partial charge in [-0.2, -0.15) is 18.4 Å². The Morgan fingerprint density at radius 3 is 2.30 bits per heavy atom. The summed E-state index contributed by atoms with van der Waals surface area (Å²) < 4.78 is 38.1. The number of anilines is 1. The molecule has 1 heterocycles. The number of pyridine rings is 1. The van der Waals surface area contributed by atoms with Crippen molar-refractivity contribution in [3.8, 4) is 17.2 Å². The van der Waals surface area contributed by atoms with E-state index in [1.807, 2.05) is 6.07 Å². The van der Waals surface area contributed by atoms with E-state index in [2.05, 4.69) is 10.3 Å². The third kappa shape index (κ3) is 4.44. The first-order valence-corrected chi connectivity index (χ1v) is 8.40. The first kappa shape index (κ1) is 20.5. The highest BCUT2D eigenvalue weighted by Gasteiger charge is 2.30. The molecule has 0 fully saturated rings. The number of nitriles is 1. The normalized spacial score (nSPS) is 10.9. The van der Waals surface area contributed by atoms with Crippen molar-refractivity contribution in [2.75, 3.05) is 5.32 Å². The lowest BCUT2D eigenvalue weighted by Crippen LogP contribution is -2.15. The molecule has 150 valence electrons. The number of carboxylic acid groups (broad SMARTS) is 1. The number of halogens is 3. The quantitative estimate of drug-likeness (QED) is 0.654. The first-order valence-electron chi connectivity index (χ1n) is 8.40. The van der Waals surface area contributed by atoms with Crippen LogP contribution in [0.5, 0.6) is 0 Å². The molecule has 3 aromatic rings. The summed E-state index contributed by atoms with van der Waals surface area (Å²) >= 11 is 0. The molecule has 2 aromatic carbocycles. The number of amides is 1. The molecule has 0 saturated carbocycles. The maximum absolute atomic E-state index is 12.7. The Kier molecular flexibility index (Phi) is 5.51. The van der Waals surface area contributed by atoms with Crippen molar-refractivity contribution in [2.45, 2.75) is 6.18 Å². The molecular weight excluding hydrogens is 399 g/mol. The number of nitrogens with zero attached hydrogens (tertiary/aromatic N) is 2. The first-order chi connectivity index (χ1) is 14.2. The van der Waals surface area contributed by atoms with Crippen LogP contribution in [0.15, 0.2) is 60.9 Å². The Hall–Kier alpha value is -4.19. The van der Waals surface area contributed by atoms with Gasteiger partial charge in [0.25, 0.3) is 5.91 Å². The third-order valence-corrected chi connectivity index (χ3v) is 4.17. The average Bonchev–Trinajstić information content (AvgIpc) is 2.73. The van der Waals surface area contributed by atoms with Gasteiger partial charge in [-0.3, -0.25) is 9.78 Å². The number of hydrogen-bond donors (Lipinski definition) is 2. The minimum absolute atomic E-state index is 0.00793. The lowest BCUT2D eigenvalue weighted by molar-refractivity contribution is -0.137. The van der Waals surface area contributed by atoms with Crippen LogP contribution in [0, 0.1) is 11.3 Å². The molecule has 6 nitrogen and oxygen atoms in total. The maximum atomic E-state index is 12.7. The molecule has 0 saturated heterocycles. The molecule has 30 heavy (non-hydrogen) atoms. The third-order valence-electron chi connectivity index (χ3n) is 4.17. The van der Waals surface area contributed by atoms with Crippen LogP contribution < -0.4 is 5.32 Å². The summed E-state index contributed by atoms with van der Waals surface area (Å²) in [6, 6.07) is 11.4. The fraction of sp³-hybridized carbons (Fsp3) is 0.0476. The van der Waals surface area contributed by atoms with E-state index in [0.29, 0.717) is 11.1 Å². The molecule has 0 spiro atoms. The predicted molar refractivity (Wildman–Crippen MR) is 101 cm³/mol. The number of aromatic carboxylic acids is 1. The molecule has 0 aliphatic carbocycles. The molecule has 0 aliphatic heterocycles. The average molecular weight is 411 g/mol. The minimum Gasteiger partial charge on any atom is -0.478 e. The van der Waals surface area contributed by atoms with E-state index in [0.717, 1.165) is 18.2 Å². The number of carboxylic acids is 1. The number of carbonyl (C=O) groups is 2. The molecule has 0 unspecified atom stereocenters. The molecule has 2 N–H and O–H groups in total. The summed E-state index contributed by atoms with van der Waals surface area (Å²) in [6.45, 7) is 0. The number of hydrogen-bond acceptors (Lipinski definition) is 4. The van der Waals surface area contributed by atoms with Gasteiger partial charge in [-0.1, -0.05) is 12.1 Å². The molecule has 1 amide bonds. The Morgan fingerprint density at radius 2 is 1.70 bits per heavy atom. The minimum atomic E-state index is -4.46. The topological polar surface area (TPSA) is 103 Å². The van der Waals surface area contributed by atoms with Crippen LogP contribution >= 0.6 is 0 Å². The van der Waals surface area contributed by atoms with Gasteiger partial charge in [-0.25, -0.2) is 4.79 Å². The highest BCUT2D eigenvalue weighted by molar-refractivity contribution is 6.08. The fourth-order valence-electron chi connectivity index (χ4n) is 2.67. The maximum Gasteiger partial charge on any atom is 0.416 e. The van der Waals surface area contributed by atoms with E-state index in [1.165, 1.54) is 42.7 Å². The zero-order valence-electron chi connectivity index (χ0n) is 15.1. The summed E-state index contributed by atoms with van der Waals surface area (Å²) in [7, 11) is 0. The molecule has 0 radical (unpaired) electrons. The van der Waals surface area contributed by atoms with Crippen LogP contribution in [0.4, 0.5) is 18.9 Å². The van der Waals surface area contributed by atoms with Gasteiger partial charge in [0.05, 0.1) is 34.0 Å². The number of benzene rings is 2. The second-order valence-electron chi connectivity index (χ2n) is 6.17. The number of aromatic nitrogens is 1. The summed E-state index contributed by atoms with van der Waals surface area (Å²) in [5.41, 5.74) is -0.0234. The zero-order valence-corrected chi connectivity index (χ0v) is 15.1. The lowest BCUT2D eigenvalue weighted by Gasteiger charge is -2.10. The van der Waals surface area contributed by atoms with E-state index in [-0.39, 0.29) is 22.4 Å². The van der Waals surface area contributed by atoms with Gasteiger partial charge < -0.3 is 10.4 Å². The van der Waals surface area contributed by atoms with Crippen LogP contribution in [0.1, 0.15) is 31.8 Å². The van der Waals surface area contributed by atoms with Crippen molar-refractivity contribution in [2.24, 2.45) is 0 Å². The lowest BCUT2D eigenvalue weighted by atomic mass is 10.0. The van der Waals surface area contributed by atoms with Crippen LogP contribution in [0.3, 0.4) is 0 Å². The van der Waals surface area contributed by atoms with Crippen molar-refractivity contribution in [3.63, 3.8) is 0 Å². The van der Waals surface area contributed by atoms with Crippen molar-refractivity contribution < 1.29 is 27.9 Å². The Bertz CT molecular complexity index is 1170. The molecular formula is C21H12F3N3O3. The number of rotatable bonds is 4. The second kappa shape index (κ2) is 8.05. The van der Waals surface area contributed by atoms with Gasteiger partial charge in [0.2, 0.25) is 0 Å². The Labute approximate surface area is 168 Å². The fourth-order valence-corrected chi connectivity index (χ4v) is 2.67. The van der Waals surface area contributed by atoms with E-state index in [1.54, 1.807) is 0 Å². The second-order valence-corrected chi connectivity index (χ2v) is 6.17. The number of alkyl halides is 3. The van der Waals surface area contributed by atoms with Gasteiger partial charge in [-0.15, -0.1) is 0 Å². The van der Waals surface area contributed by atoms with Crippen LogP contribution in [0.25, 0.3) is 11.1 Å². The van der Waals surface area contributed by atoms with E-state index in [9.17, 15) is 27.9 Å². The Balaban J connectivity index is 1.87. The molecule has 3 rings (SSSR count). The van der Waals surface area contributed by atoms with Gasteiger partial charge in [0.1, 0.15) is 0 Å². The monoisotopic (exact) mass is 411 g/mol. The summed E-state index contributed by atoms with van der Waals surface area (Å²) in [6.07, 6.45) is -1.82. The Morgan fingerprint density at radius 1 is 1.00 bits per heavy atom. The smallest absolute Gasteiger partial charge is 0.416 e.